The van der Waals surface area contributed by atoms with E-state index in [0.717, 1.165) is 15.3 Å². The van der Waals surface area contributed by atoms with Crippen molar-refractivity contribution in [3.63, 3.8) is 0 Å². The molecule has 8 nitrogen and oxygen atoms in total. The Hall–Kier alpha value is -2.38. The lowest BCUT2D eigenvalue weighted by atomic mass is 10.4. The van der Waals surface area contributed by atoms with Crippen LogP contribution in [0, 0.1) is 10.1 Å². The molecule has 0 atom stereocenters. The van der Waals surface area contributed by atoms with E-state index in [1.165, 1.54) is 14.1 Å². The van der Waals surface area contributed by atoms with Gasteiger partial charge in [0.2, 0.25) is 0 Å². The second-order valence-electron chi connectivity index (χ2n) is 3.36. The van der Waals surface area contributed by atoms with E-state index in [-0.39, 0.29) is 16.7 Å². The highest BCUT2D eigenvalue weighted by molar-refractivity contribution is 5.84. The van der Waals surface area contributed by atoms with Gasteiger partial charge in [0.05, 0.1) is 11.1 Å². The van der Waals surface area contributed by atoms with Crippen LogP contribution >= 0.6 is 0 Å². The van der Waals surface area contributed by atoms with Crippen LogP contribution in [0.5, 0.6) is 0 Å². The Morgan fingerprint density at radius 2 is 1.94 bits per heavy atom. The van der Waals surface area contributed by atoms with Crippen LogP contribution in [-0.2, 0) is 14.1 Å². The van der Waals surface area contributed by atoms with Gasteiger partial charge in [-0.05, 0) is 0 Å². The highest BCUT2D eigenvalue weighted by Gasteiger charge is 2.20. The number of rotatable bonds is 1. The molecule has 0 fully saturated rings. The smallest absolute Gasteiger partial charge is 0.331 e. The number of nitro groups is 1. The second kappa shape index (κ2) is 3.05. The van der Waals surface area contributed by atoms with E-state index in [0.29, 0.717) is 0 Å². The third-order valence-corrected chi connectivity index (χ3v) is 2.46. The largest absolute Gasteiger partial charge is 0.349 e. The molecule has 0 saturated heterocycles. The fourth-order valence-electron chi connectivity index (χ4n) is 1.62. The lowest BCUT2D eigenvalue weighted by Crippen LogP contribution is -2.36. The molecule has 16 heavy (non-hydrogen) atoms. The van der Waals surface area contributed by atoms with Crippen molar-refractivity contribution in [2.24, 2.45) is 14.1 Å². The van der Waals surface area contributed by atoms with E-state index >= 15 is 0 Å². The van der Waals surface area contributed by atoms with Crippen LogP contribution in [0.2, 0.25) is 0 Å². The predicted molar refractivity (Wildman–Crippen MR) is 55.4 cm³/mol. The molecule has 0 aliphatic carbocycles. The normalized spacial score (nSPS) is 10.9. The Balaban J connectivity index is 3.13. The third kappa shape index (κ3) is 1.09. The summed E-state index contributed by atoms with van der Waals surface area (Å²) in [4.78, 5) is 35.8. The number of aromatic nitrogens is 3. The summed E-state index contributed by atoms with van der Waals surface area (Å²) in [5, 5.41) is 10.7. The molecule has 0 amide bonds. The molecular formula is C8H8N4O4. The maximum Gasteiger partial charge on any atom is 0.331 e. The number of H-pyrrole nitrogens is 1. The molecule has 2 rings (SSSR count). The van der Waals surface area contributed by atoms with Crippen molar-refractivity contribution in [1.29, 1.82) is 0 Å². The van der Waals surface area contributed by atoms with Crippen molar-refractivity contribution in [2.75, 3.05) is 0 Å². The van der Waals surface area contributed by atoms with E-state index in [1.54, 1.807) is 0 Å². The highest BCUT2D eigenvalue weighted by Crippen LogP contribution is 2.20. The summed E-state index contributed by atoms with van der Waals surface area (Å²) in [6, 6.07) is 0. The molecule has 2 aromatic rings. The molecule has 0 spiro atoms. The summed E-state index contributed by atoms with van der Waals surface area (Å²) in [6.07, 6.45) is 1.10. The van der Waals surface area contributed by atoms with Gasteiger partial charge in [0.15, 0.2) is 5.52 Å². The number of hydrogen-bond donors (Lipinski definition) is 1. The van der Waals surface area contributed by atoms with Crippen LogP contribution in [-0.4, -0.2) is 19.0 Å². The quantitative estimate of drug-likeness (QED) is 0.519. The lowest BCUT2D eigenvalue weighted by Gasteiger charge is -2.02. The first kappa shape index (κ1) is 10.1. The van der Waals surface area contributed by atoms with Crippen molar-refractivity contribution in [1.82, 2.24) is 14.1 Å². The summed E-state index contributed by atoms with van der Waals surface area (Å²) in [5.41, 5.74) is -1.40. The van der Waals surface area contributed by atoms with Crippen LogP contribution in [0.3, 0.4) is 0 Å². The number of nitrogens with one attached hydrogen (secondary N) is 1. The van der Waals surface area contributed by atoms with Crippen molar-refractivity contribution >= 4 is 16.7 Å². The molecule has 2 aromatic heterocycles. The summed E-state index contributed by atoms with van der Waals surface area (Å²) in [5.74, 6) is 0. The van der Waals surface area contributed by atoms with Crippen LogP contribution < -0.4 is 11.2 Å². The molecule has 8 heteroatoms. The van der Waals surface area contributed by atoms with Gasteiger partial charge in [-0.1, -0.05) is 0 Å². The van der Waals surface area contributed by atoms with Crippen LogP contribution in [0.15, 0.2) is 15.8 Å². The van der Waals surface area contributed by atoms with Crippen LogP contribution in [0.25, 0.3) is 11.0 Å². The fourth-order valence-corrected chi connectivity index (χ4v) is 1.62. The molecular weight excluding hydrogens is 216 g/mol. The Morgan fingerprint density at radius 1 is 1.31 bits per heavy atom. The Kier molecular flexibility index (Phi) is 1.94. The minimum Gasteiger partial charge on any atom is -0.349 e. The van der Waals surface area contributed by atoms with E-state index in [9.17, 15) is 19.7 Å². The van der Waals surface area contributed by atoms with Gasteiger partial charge in [0, 0.05) is 14.1 Å². The Bertz CT molecular complexity index is 705. The molecule has 0 aliphatic rings. The van der Waals surface area contributed by atoms with E-state index < -0.39 is 16.2 Å². The van der Waals surface area contributed by atoms with Crippen LogP contribution in [0.4, 0.5) is 5.69 Å². The Labute approximate surface area is 87.9 Å². The average Bonchev–Trinajstić information content (AvgIpc) is 2.67. The standard InChI is InChI=1S/C8H8N4O4/c1-10-6-4(12(15)16)3-9-5(6)7(13)11(2)8(10)14/h3,9H,1-2H3. The van der Waals surface area contributed by atoms with Gasteiger partial charge in [0.1, 0.15) is 5.52 Å². The van der Waals surface area contributed by atoms with Gasteiger partial charge >= 0.3 is 11.4 Å². The van der Waals surface area contributed by atoms with Crippen molar-refractivity contribution in [3.8, 4) is 0 Å². The van der Waals surface area contributed by atoms with E-state index in [4.69, 9.17) is 0 Å². The average molecular weight is 224 g/mol. The molecule has 0 saturated carbocycles. The summed E-state index contributed by atoms with van der Waals surface area (Å²) in [6.45, 7) is 0. The zero-order chi connectivity index (χ0) is 12.0. The third-order valence-electron chi connectivity index (χ3n) is 2.46. The fraction of sp³-hybridized carbons (Fsp3) is 0.250. The van der Waals surface area contributed by atoms with Gasteiger partial charge in [-0.3, -0.25) is 24.0 Å². The van der Waals surface area contributed by atoms with Crippen molar-refractivity contribution in [3.05, 3.63) is 37.1 Å². The van der Waals surface area contributed by atoms with Gasteiger partial charge in [-0.15, -0.1) is 0 Å². The second-order valence-corrected chi connectivity index (χ2v) is 3.36. The number of fused-ring (bicyclic) bond motifs is 1. The summed E-state index contributed by atoms with van der Waals surface area (Å²) < 4.78 is 1.97. The molecule has 84 valence electrons. The van der Waals surface area contributed by atoms with Gasteiger partial charge in [-0.2, -0.15) is 0 Å². The monoisotopic (exact) mass is 224 g/mol. The summed E-state index contributed by atoms with van der Waals surface area (Å²) in [7, 11) is 2.70. The zero-order valence-electron chi connectivity index (χ0n) is 8.55. The predicted octanol–water partition coefficient (Wildman–Crippen LogP) is -0.526. The van der Waals surface area contributed by atoms with Gasteiger partial charge < -0.3 is 4.98 Å². The first-order chi connectivity index (χ1) is 7.45. The summed E-state index contributed by atoms with van der Waals surface area (Å²) >= 11 is 0. The van der Waals surface area contributed by atoms with Gasteiger partial charge in [0.25, 0.3) is 5.56 Å². The van der Waals surface area contributed by atoms with Gasteiger partial charge in [-0.25, -0.2) is 4.79 Å². The molecule has 0 bridgehead atoms. The molecule has 0 aliphatic heterocycles. The Morgan fingerprint density at radius 3 is 2.50 bits per heavy atom. The van der Waals surface area contributed by atoms with E-state index in [1.807, 2.05) is 0 Å². The highest BCUT2D eigenvalue weighted by atomic mass is 16.6. The maximum atomic E-state index is 11.6. The first-order valence-electron chi connectivity index (χ1n) is 4.36. The number of nitrogens with zero attached hydrogens (tertiary/aromatic N) is 3. The minimum absolute atomic E-state index is 0.0121. The van der Waals surface area contributed by atoms with Crippen molar-refractivity contribution in [2.45, 2.75) is 0 Å². The van der Waals surface area contributed by atoms with Crippen LogP contribution in [0.1, 0.15) is 0 Å². The molecule has 0 unspecified atom stereocenters. The first-order valence-corrected chi connectivity index (χ1v) is 4.36. The SMILES string of the molecule is Cn1c(=O)c2[nH]cc([N+](=O)[O-])c2n(C)c1=O. The molecule has 0 radical (unpaired) electrons. The number of hydrogen-bond acceptors (Lipinski definition) is 4. The van der Waals surface area contributed by atoms with E-state index in [2.05, 4.69) is 4.98 Å². The molecule has 1 N–H and O–H groups in total. The topological polar surface area (TPSA) is 103 Å². The maximum absolute atomic E-state index is 11.6. The number of aryl methyl sites for hydroxylation is 1. The number of aromatic amines is 1. The lowest BCUT2D eigenvalue weighted by molar-refractivity contribution is -0.383. The molecule has 2 heterocycles. The molecule has 0 aromatic carbocycles. The zero-order valence-corrected chi connectivity index (χ0v) is 8.55. The van der Waals surface area contributed by atoms with Crippen molar-refractivity contribution < 1.29 is 4.92 Å². The minimum atomic E-state index is -0.641.